The Morgan fingerprint density at radius 1 is 0.213 bits per heavy atom. The first kappa shape index (κ1) is 98.3. The quantitative estimate of drug-likeness (QED) is 0.0153. The van der Waals surface area contributed by atoms with Crippen molar-refractivity contribution in [2.24, 2.45) is 0 Å². The molecule has 28 nitrogen and oxygen atoms in total. The predicted octanol–water partition coefficient (Wildman–Crippen LogP) is 15.4. The first-order valence-electron chi connectivity index (χ1n) is 40.9. The van der Waals surface area contributed by atoms with Crippen molar-refractivity contribution in [3.05, 3.63) is 45.3 Å². The van der Waals surface area contributed by atoms with Crippen LogP contribution in [0.15, 0.2) is 45.3 Å². The number of hydrogen-bond acceptors (Lipinski definition) is 16. The minimum atomic E-state index is -0.389. The molecule has 0 saturated heterocycles. The van der Waals surface area contributed by atoms with E-state index in [9.17, 15) is 38.4 Å². The highest BCUT2D eigenvalue weighted by Gasteiger charge is 2.29. The summed E-state index contributed by atoms with van der Waals surface area (Å²) in [5, 5.41) is 35.1. The Balaban J connectivity index is 0.00000108. The number of unbranched alkanes of at least 4 members (excludes halogenated alkanes) is 16. The van der Waals surface area contributed by atoms with Gasteiger partial charge in [0.15, 0.2) is 0 Å². The van der Waals surface area contributed by atoms with Gasteiger partial charge < -0.3 is 102 Å². The number of hydrogen-bond donors (Lipinski definition) is 12. The highest BCUT2D eigenvalue weighted by molar-refractivity contribution is 5.77. The molecule has 0 spiro atoms. The second kappa shape index (κ2) is 66.3. The van der Waals surface area contributed by atoms with E-state index in [-0.39, 0.29) is 72.7 Å². The van der Waals surface area contributed by atoms with Crippen molar-refractivity contribution in [2.75, 3.05) is 105 Å². The van der Waals surface area contributed by atoms with Gasteiger partial charge in [-0.25, -0.2) is 38.4 Å². The lowest BCUT2D eigenvalue weighted by molar-refractivity contribution is 0.136. The fraction of sp³-hybridized carbons (Fsp3) is 0.800. The SMILES string of the molecule is CC(C)=C(C)OCCCCOC(=O)NCCCCCCNC(=O)N[C@@H]1CCCC[C@H]1NC(=O)NCCCCCCNC(=O)OCCCCOC(C)=C(C)C.CC(C)=C(C)OCCCCOC(=O)NCCCCCCNC(=O)N[C@H]1CCCC[C@@H]1NC(=O)NCCCCCCNC(=O)OCCCCOC(C)=C(C)C. The lowest BCUT2D eigenvalue weighted by Gasteiger charge is -2.32. The fourth-order valence-electron chi connectivity index (χ4n) is 11.0. The van der Waals surface area contributed by atoms with Crippen LogP contribution in [0.1, 0.15) is 289 Å². The van der Waals surface area contributed by atoms with Crippen LogP contribution in [0.4, 0.5) is 38.4 Å². The Hall–Kier alpha value is -7.68. The standard InChI is InChI=1S/2C40H74N6O8/c2*1-31(2)33(5)51-27-17-19-29-53-39(49)43-25-15-9-7-13-23-41-37(47)45-35-21-11-12-22-36(35)46-38(48)42-24-14-8-10-16-26-44-40(50)54-30-20-18-28-52-34(6)32(3)4/h2*35-36H,7-30H2,1-6H3,(H,43,49)(H,44,50)(H2,41,45,47)(H2,42,46,48)/t2*35-,36-/m10/s1. The van der Waals surface area contributed by atoms with E-state index in [0.29, 0.717) is 105 Å². The summed E-state index contributed by atoms with van der Waals surface area (Å²) in [5.41, 5.74) is 4.65. The number of alkyl carbamates (subject to hydrolysis) is 4. The molecule has 0 heterocycles. The third kappa shape index (κ3) is 58.4. The molecule has 0 aromatic rings. The number of rotatable bonds is 56. The molecule has 4 atom stereocenters. The van der Waals surface area contributed by atoms with Crippen LogP contribution < -0.4 is 63.8 Å². The van der Waals surface area contributed by atoms with Gasteiger partial charge in [0.05, 0.1) is 100 Å². The van der Waals surface area contributed by atoms with E-state index in [2.05, 4.69) is 63.8 Å². The van der Waals surface area contributed by atoms with Crippen molar-refractivity contribution in [1.29, 1.82) is 0 Å². The third-order valence-electron chi connectivity index (χ3n) is 18.6. The number of amides is 12. The highest BCUT2D eigenvalue weighted by Crippen LogP contribution is 2.21. The van der Waals surface area contributed by atoms with Crippen molar-refractivity contribution in [2.45, 2.75) is 313 Å². The van der Waals surface area contributed by atoms with Crippen LogP contribution in [-0.2, 0) is 37.9 Å². The van der Waals surface area contributed by atoms with E-state index < -0.39 is 0 Å². The molecule has 2 aliphatic carbocycles. The molecule has 2 rings (SSSR count). The first-order valence-corrected chi connectivity index (χ1v) is 40.9. The molecule has 0 unspecified atom stereocenters. The molecule has 2 saturated carbocycles. The van der Waals surface area contributed by atoms with Crippen molar-refractivity contribution in [3.63, 3.8) is 0 Å². The second-order valence-corrected chi connectivity index (χ2v) is 29.0. The van der Waals surface area contributed by atoms with Gasteiger partial charge in [0.1, 0.15) is 0 Å². The monoisotopic (exact) mass is 1530 g/mol. The van der Waals surface area contributed by atoms with Crippen LogP contribution in [0.2, 0.25) is 0 Å². The lowest BCUT2D eigenvalue weighted by Crippen LogP contribution is -2.56. The first-order chi connectivity index (χ1) is 52.0. The van der Waals surface area contributed by atoms with Crippen molar-refractivity contribution >= 4 is 48.5 Å². The van der Waals surface area contributed by atoms with Gasteiger partial charge in [-0.2, -0.15) is 0 Å². The molecule has 108 heavy (non-hydrogen) atoms. The summed E-state index contributed by atoms with van der Waals surface area (Å²) < 4.78 is 43.3. The molecule has 12 amide bonds. The summed E-state index contributed by atoms with van der Waals surface area (Å²) in [6.45, 7) is 32.4. The van der Waals surface area contributed by atoms with Gasteiger partial charge in [-0.3, -0.25) is 0 Å². The molecule has 624 valence electrons. The molecule has 0 aliphatic heterocycles. The van der Waals surface area contributed by atoms with Crippen LogP contribution in [0.25, 0.3) is 0 Å². The van der Waals surface area contributed by atoms with Crippen LogP contribution in [0, 0.1) is 0 Å². The smallest absolute Gasteiger partial charge is 0.407 e. The number of carbonyl (C=O) groups excluding carboxylic acids is 8. The van der Waals surface area contributed by atoms with Crippen molar-refractivity contribution in [3.8, 4) is 0 Å². The van der Waals surface area contributed by atoms with Crippen LogP contribution in [-0.4, -0.2) is 178 Å². The number of urea groups is 4. The minimum absolute atomic E-state index is 0.111. The molecule has 0 aromatic heterocycles. The minimum Gasteiger partial charge on any atom is -0.498 e. The zero-order chi connectivity index (χ0) is 79.6. The van der Waals surface area contributed by atoms with E-state index in [4.69, 9.17) is 37.9 Å². The number of nitrogens with one attached hydrogen (secondary N) is 12. The number of ether oxygens (including phenoxy) is 8. The zero-order valence-electron chi connectivity index (χ0n) is 68.8. The van der Waals surface area contributed by atoms with Crippen LogP contribution >= 0.6 is 0 Å². The Morgan fingerprint density at radius 2 is 0.370 bits per heavy atom. The topological polar surface area (TPSA) is 355 Å². The molecular weight excluding hydrogens is 1380 g/mol. The average molecular weight is 1530 g/mol. The van der Waals surface area contributed by atoms with Gasteiger partial charge in [-0.05, 0) is 234 Å². The Kier molecular flexibility index (Phi) is 60.4. The van der Waals surface area contributed by atoms with E-state index in [1.807, 2.05) is 83.1 Å². The zero-order valence-corrected chi connectivity index (χ0v) is 68.8. The summed E-state index contributed by atoms with van der Waals surface area (Å²) in [6, 6.07) is -1.29. The summed E-state index contributed by atoms with van der Waals surface area (Å²) >= 11 is 0. The summed E-state index contributed by atoms with van der Waals surface area (Å²) in [7, 11) is 0. The van der Waals surface area contributed by atoms with Crippen LogP contribution in [0.5, 0.6) is 0 Å². The third-order valence-corrected chi connectivity index (χ3v) is 18.6. The summed E-state index contributed by atoms with van der Waals surface area (Å²) in [6.07, 6.45) is 26.4. The Bertz CT molecular complexity index is 2250. The Morgan fingerprint density at radius 3 is 0.537 bits per heavy atom. The van der Waals surface area contributed by atoms with E-state index >= 15 is 0 Å². The van der Waals surface area contributed by atoms with E-state index in [1.54, 1.807) is 0 Å². The van der Waals surface area contributed by atoms with Gasteiger partial charge in [-0.15, -0.1) is 0 Å². The lowest BCUT2D eigenvalue weighted by atomic mass is 9.90. The molecular formula is C80H148N12O16. The average Bonchev–Trinajstić information content (AvgIpc) is 0.877. The molecule has 2 fully saturated rings. The van der Waals surface area contributed by atoms with Gasteiger partial charge in [0.2, 0.25) is 0 Å². The number of carbonyl (C=O) groups is 8. The Labute approximate surface area is 649 Å². The van der Waals surface area contributed by atoms with Crippen molar-refractivity contribution in [1.82, 2.24) is 63.8 Å². The van der Waals surface area contributed by atoms with E-state index in [0.717, 1.165) is 251 Å². The van der Waals surface area contributed by atoms with Gasteiger partial charge in [0, 0.05) is 52.4 Å². The predicted molar refractivity (Wildman–Crippen MR) is 426 cm³/mol. The molecule has 28 heteroatoms. The molecule has 0 aromatic carbocycles. The fourth-order valence-corrected chi connectivity index (χ4v) is 11.0. The highest BCUT2D eigenvalue weighted by atomic mass is 16.6. The van der Waals surface area contributed by atoms with Gasteiger partial charge in [-0.1, -0.05) is 77.0 Å². The summed E-state index contributed by atoms with van der Waals surface area (Å²) in [5.74, 6) is 3.78. The largest absolute Gasteiger partial charge is 0.498 e. The molecule has 2 aliphatic rings. The maximum absolute atomic E-state index is 12.6. The second-order valence-electron chi connectivity index (χ2n) is 29.0. The molecule has 0 bridgehead atoms. The van der Waals surface area contributed by atoms with Gasteiger partial charge >= 0.3 is 48.5 Å². The van der Waals surface area contributed by atoms with Crippen LogP contribution in [0.3, 0.4) is 0 Å². The van der Waals surface area contributed by atoms with E-state index in [1.165, 1.54) is 0 Å². The molecule has 12 N–H and O–H groups in total. The molecule has 0 radical (unpaired) electrons. The summed E-state index contributed by atoms with van der Waals surface area (Å²) in [4.78, 5) is 97.6. The maximum Gasteiger partial charge on any atom is 0.407 e. The van der Waals surface area contributed by atoms with Crippen molar-refractivity contribution < 1.29 is 76.3 Å². The maximum atomic E-state index is 12.6. The van der Waals surface area contributed by atoms with Gasteiger partial charge in [0.25, 0.3) is 0 Å². The normalized spacial score (nSPS) is 14.9. The number of allylic oxidation sites excluding steroid dienone is 8.